The predicted molar refractivity (Wildman–Crippen MR) is 71.6 cm³/mol. The number of hydrogen-bond donors (Lipinski definition) is 1. The molecule has 0 unspecified atom stereocenters. The third-order valence-electron chi connectivity index (χ3n) is 2.95. The molecule has 1 aliphatic heterocycles. The van der Waals surface area contributed by atoms with Gasteiger partial charge in [0.25, 0.3) is 0 Å². The van der Waals surface area contributed by atoms with Crippen LogP contribution < -0.4 is 5.73 Å². The summed E-state index contributed by atoms with van der Waals surface area (Å²) in [7, 11) is 0. The van der Waals surface area contributed by atoms with Gasteiger partial charge in [-0.05, 0) is 37.1 Å². The minimum absolute atomic E-state index is 0.322. The average molecular weight is 304 g/mol. The summed E-state index contributed by atoms with van der Waals surface area (Å²) in [6.45, 7) is 3.01. The molecule has 1 aromatic carbocycles. The second kappa shape index (κ2) is 5.50. The lowest BCUT2D eigenvalue weighted by Crippen LogP contribution is -2.42. The van der Waals surface area contributed by atoms with E-state index in [0.717, 1.165) is 35.6 Å². The van der Waals surface area contributed by atoms with Gasteiger partial charge in [0, 0.05) is 28.6 Å². The second-order valence-electron chi connectivity index (χ2n) is 4.37. The minimum Gasteiger partial charge on any atom is -0.327 e. The fraction of sp³-hybridized carbons (Fsp3) is 0.500. The molecule has 1 fully saturated rings. The van der Waals surface area contributed by atoms with Crippen LogP contribution in [-0.2, 0) is 6.54 Å². The van der Waals surface area contributed by atoms with E-state index in [4.69, 9.17) is 17.3 Å². The van der Waals surface area contributed by atoms with E-state index in [0.29, 0.717) is 6.04 Å². The molecule has 16 heavy (non-hydrogen) atoms. The Hall–Kier alpha value is -0.0900. The molecule has 0 amide bonds. The van der Waals surface area contributed by atoms with Gasteiger partial charge in [-0.15, -0.1) is 0 Å². The molecule has 4 heteroatoms. The van der Waals surface area contributed by atoms with E-state index in [1.807, 2.05) is 12.1 Å². The van der Waals surface area contributed by atoms with Gasteiger partial charge in [0.05, 0.1) is 0 Å². The summed E-state index contributed by atoms with van der Waals surface area (Å²) < 4.78 is 1.02. The number of likely N-dealkylation sites (tertiary alicyclic amines) is 1. The summed E-state index contributed by atoms with van der Waals surface area (Å²) in [6, 6.07) is 6.38. The quantitative estimate of drug-likeness (QED) is 0.910. The third kappa shape index (κ3) is 3.20. The Morgan fingerprint density at radius 3 is 3.00 bits per heavy atom. The first-order valence-electron chi connectivity index (χ1n) is 5.57. The second-order valence-corrected chi connectivity index (χ2v) is 5.70. The molecule has 2 rings (SSSR count). The van der Waals surface area contributed by atoms with E-state index in [1.54, 1.807) is 0 Å². The highest BCUT2D eigenvalue weighted by molar-refractivity contribution is 9.10. The first-order valence-corrected chi connectivity index (χ1v) is 6.74. The predicted octanol–water partition coefficient (Wildman–Crippen LogP) is 3.03. The van der Waals surface area contributed by atoms with Crippen molar-refractivity contribution in [2.24, 2.45) is 5.73 Å². The largest absolute Gasteiger partial charge is 0.327 e. The lowest BCUT2D eigenvalue weighted by Gasteiger charge is -2.30. The average Bonchev–Trinajstić information content (AvgIpc) is 2.22. The van der Waals surface area contributed by atoms with Crippen molar-refractivity contribution in [1.29, 1.82) is 0 Å². The zero-order valence-corrected chi connectivity index (χ0v) is 11.5. The highest BCUT2D eigenvalue weighted by atomic mass is 79.9. The standard InChI is InChI=1S/C12H16BrClN2/c13-10-4-3-9(12(14)6-10)7-16-5-1-2-11(15)8-16/h3-4,6,11H,1-2,5,7-8,15H2/t11-/m1/s1. The number of piperidine rings is 1. The van der Waals surface area contributed by atoms with Crippen LogP contribution in [0.2, 0.25) is 5.02 Å². The van der Waals surface area contributed by atoms with Crippen molar-refractivity contribution in [3.63, 3.8) is 0 Å². The molecular weight excluding hydrogens is 288 g/mol. The van der Waals surface area contributed by atoms with E-state index in [9.17, 15) is 0 Å². The number of rotatable bonds is 2. The Morgan fingerprint density at radius 1 is 1.50 bits per heavy atom. The molecule has 0 bridgehead atoms. The number of nitrogens with zero attached hydrogens (tertiary/aromatic N) is 1. The molecule has 1 aliphatic rings. The summed E-state index contributed by atoms with van der Waals surface area (Å²) >= 11 is 9.61. The summed E-state index contributed by atoms with van der Waals surface area (Å²) in [5.41, 5.74) is 7.14. The summed E-state index contributed by atoms with van der Waals surface area (Å²) in [6.07, 6.45) is 2.33. The molecule has 88 valence electrons. The lowest BCUT2D eigenvalue weighted by atomic mass is 10.1. The van der Waals surface area contributed by atoms with Gasteiger partial charge in [0.15, 0.2) is 0 Å². The molecule has 1 heterocycles. The highest BCUT2D eigenvalue weighted by Gasteiger charge is 2.17. The van der Waals surface area contributed by atoms with Gasteiger partial charge < -0.3 is 5.73 Å². The number of nitrogens with two attached hydrogens (primary N) is 1. The van der Waals surface area contributed by atoms with Gasteiger partial charge in [0.1, 0.15) is 0 Å². The molecule has 1 saturated heterocycles. The lowest BCUT2D eigenvalue weighted by molar-refractivity contribution is 0.201. The molecule has 2 nitrogen and oxygen atoms in total. The molecule has 0 spiro atoms. The minimum atomic E-state index is 0.322. The van der Waals surface area contributed by atoms with Crippen molar-refractivity contribution in [3.05, 3.63) is 33.3 Å². The summed E-state index contributed by atoms with van der Waals surface area (Å²) in [5, 5.41) is 0.827. The van der Waals surface area contributed by atoms with Crippen LogP contribution in [0.25, 0.3) is 0 Å². The number of benzene rings is 1. The van der Waals surface area contributed by atoms with Crippen LogP contribution in [0, 0.1) is 0 Å². The van der Waals surface area contributed by atoms with Crippen LogP contribution in [-0.4, -0.2) is 24.0 Å². The Balaban J connectivity index is 2.02. The van der Waals surface area contributed by atoms with Crippen LogP contribution in [0.4, 0.5) is 0 Å². The van der Waals surface area contributed by atoms with Gasteiger partial charge in [-0.2, -0.15) is 0 Å². The Bertz CT molecular complexity index is 370. The third-order valence-corrected chi connectivity index (χ3v) is 3.80. The van der Waals surface area contributed by atoms with Crippen LogP contribution in [0.3, 0.4) is 0 Å². The van der Waals surface area contributed by atoms with Gasteiger partial charge in [-0.1, -0.05) is 33.6 Å². The maximum Gasteiger partial charge on any atom is 0.0462 e. The molecule has 1 aromatic rings. The molecule has 0 aliphatic carbocycles. The highest BCUT2D eigenvalue weighted by Crippen LogP contribution is 2.23. The smallest absolute Gasteiger partial charge is 0.0462 e. The maximum absolute atomic E-state index is 6.20. The fourth-order valence-electron chi connectivity index (χ4n) is 2.13. The van der Waals surface area contributed by atoms with Crippen molar-refractivity contribution in [3.8, 4) is 0 Å². The normalized spacial score (nSPS) is 22.3. The van der Waals surface area contributed by atoms with Crippen LogP contribution >= 0.6 is 27.5 Å². The van der Waals surface area contributed by atoms with Crippen molar-refractivity contribution < 1.29 is 0 Å². The molecule has 0 aromatic heterocycles. The van der Waals surface area contributed by atoms with Crippen molar-refractivity contribution >= 4 is 27.5 Å². The van der Waals surface area contributed by atoms with Crippen LogP contribution in [0.1, 0.15) is 18.4 Å². The Labute approximate surface area is 110 Å². The number of halogens is 2. The first-order chi connectivity index (χ1) is 7.65. The first kappa shape index (κ1) is 12.4. The summed E-state index contributed by atoms with van der Waals surface area (Å²) in [5.74, 6) is 0. The molecular formula is C12H16BrClN2. The van der Waals surface area contributed by atoms with E-state index in [1.165, 1.54) is 12.0 Å². The van der Waals surface area contributed by atoms with Crippen molar-refractivity contribution in [2.75, 3.05) is 13.1 Å². The van der Waals surface area contributed by atoms with Crippen molar-refractivity contribution in [1.82, 2.24) is 4.90 Å². The maximum atomic E-state index is 6.20. The van der Waals surface area contributed by atoms with Gasteiger partial charge in [0.2, 0.25) is 0 Å². The molecule has 1 atom stereocenters. The zero-order chi connectivity index (χ0) is 11.5. The van der Waals surface area contributed by atoms with Gasteiger partial charge in [-0.3, -0.25) is 4.90 Å². The van der Waals surface area contributed by atoms with E-state index in [-0.39, 0.29) is 0 Å². The monoisotopic (exact) mass is 302 g/mol. The van der Waals surface area contributed by atoms with Crippen molar-refractivity contribution in [2.45, 2.75) is 25.4 Å². The van der Waals surface area contributed by atoms with E-state index in [2.05, 4.69) is 26.9 Å². The topological polar surface area (TPSA) is 29.3 Å². The van der Waals surface area contributed by atoms with Gasteiger partial charge in [-0.25, -0.2) is 0 Å². The molecule has 0 radical (unpaired) electrons. The van der Waals surface area contributed by atoms with E-state index >= 15 is 0 Å². The van der Waals surface area contributed by atoms with E-state index < -0.39 is 0 Å². The van der Waals surface area contributed by atoms with Crippen LogP contribution in [0.15, 0.2) is 22.7 Å². The Kier molecular flexibility index (Phi) is 4.25. The van der Waals surface area contributed by atoms with Gasteiger partial charge >= 0.3 is 0 Å². The molecule has 0 saturated carbocycles. The summed E-state index contributed by atoms with van der Waals surface area (Å²) in [4.78, 5) is 2.38. The van der Waals surface area contributed by atoms with Crippen LogP contribution in [0.5, 0.6) is 0 Å². The number of hydrogen-bond acceptors (Lipinski definition) is 2. The Morgan fingerprint density at radius 2 is 2.31 bits per heavy atom. The molecule has 2 N–H and O–H groups in total. The SMILES string of the molecule is N[C@@H]1CCCN(Cc2ccc(Br)cc2Cl)C1. The fourth-order valence-corrected chi connectivity index (χ4v) is 2.86. The zero-order valence-electron chi connectivity index (χ0n) is 9.13.